The predicted molar refractivity (Wildman–Crippen MR) is 117 cm³/mol. The van der Waals surface area contributed by atoms with Crippen LogP contribution >= 0.6 is 23.2 Å². The van der Waals surface area contributed by atoms with Crippen molar-refractivity contribution in [1.82, 2.24) is 15.1 Å². The van der Waals surface area contributed by atoms with Gasteiger partial charge in [0.2, 0.25) is 0 Å². The third-order valence-corrected chi connectivity index (χ3v) is 6.15. The topological polar surface area (TPSA) is 59.0 Å². The summed E-state index contributed by atoms with van der Waals surface area (Å²) < 4.78 is 42.4. The molecule has 0 spiro atoms. The molecule has 2 aromatic carbocycles. The van der Waals surface area contributed by atoms with Crippen LogP contribution in [0.5, 0.6) is 0 Å². The molecule has 1 aliphatic rings. The minimum atomic E-state index is -4.55. The van der Waals surface area contributed by atoms with Gasteiger partial charge in [-0.1, -0.05) is 59.6 Å². The van der Waals surface area contributed by atoms with Crippen LogP contribution in [-0.4, -0.2) is 21.9 Å². The van der Waals surface area contributed by atoms with Crippen LogP contribution in [0, 0.1) is 0 Å². The Kier molecular flexibility index (Phi) is 6.09. The molecule has 0 saturated carbocycles. The number of hydrogen-bond donors (Lipinski definition) is 2. The maximum atomic E-state index is 13.9. The van der Waals surface area contributed by atoms with Gasteiger partial charge in [0.25, 0.3) is 5.91 Å². The Bertz CT molecular complexity index is 1130. The molecule has 1 aliphatic heterocycles. The number of alkyl halides is 3. The summed E-state index contributed by atoms with van der Waals surface area (Å²) in [5.74, 6) is -0.454. The molecular weight excluding hydrogens is 464 g/mol. The number of aromatic nitrogens is 2. The number of nitrogens with one attached hydrogen (secondary N) is 2. The van der Waals surface area contributed by atoms with E-state index < -0.39 is 24.2 Å². The zero-order valence-corrected chi connectivity index (χ0v) is 18.3. The summed E-state index contributed by atoms with van der Waals surface area (Å²) in [7, 11) is 0. The molecule has 1 aromatic heterocycles. The van der Waals surface area contributed by atoms with E-state index in [1.807, 2.05) is 30.3 Å². The number of amides is 1. The maximum Gasteiger partial charge on any atom is 0.410 e. The van der Waals surface area contributed by atoms with Crippen LogP contribution in [0.15, 0.2) is 54.6 Å². The summed E-state index contributed by atoms with van der Waals surface area (Å²) >= 11 is 12.0. The van der Waals surface area contributed by atoms with Crippen molar-refractivity contribution in [2.45, 2.75) is 37.6 Å². The van der Waals surface area contributed by atoms with Crippen molar-refractivity contribution < 1.29 is 18.0 Å². The molecule has 3 atom stereocenters. The highest BCUT2D eigenvalue weighted by molar-refractivity contribution is 6.42. The fraction of sp³-hybridized carbons (Fsp3) is 0.273. The number of halogens is 5. The Morgan fingerprint density at radius 2 is 1.88 bits per heavy atom. The molecule has 0 fully saturated rings. The van der Waals surface area contributed by atoms with E-state index in [-0.39, 0.29) is 29.0 Å². The first-order valence-corrected chi connectivity index (χ1v) is 10.6. The molecule has 168 valence electrons. The normalized spacial score (nSPS) is 19.1. The van der Waals surface area contributed by atoms with Gasteiger partial charge >= 0.3 is 6.18 Å². The van der Waals surface area contributed by atoms with E-state index in [9.17, 15) is 18.0 Å². The second kappa shape index (κ2) is 8.67. The third kappa shape index (κ3) is 4.56. The zero-order valence-electron chi connectivity index (χ0n) is 16.8. The summed E-state index contributed by atoms with van der Waals surface area (Å²) in [6.45, 7) is 1.79. The zero-order chi connectivity index (χ0) is 23.0. The number of fused-ring (bicyclic) bond motifs is 1. The molecule has 1 amide bonds. The average molecular weight is 483 g/mol. The van der Waals surface area contributed by atoms with E-state index >= 15 is 0 Å². The molecule has 4 rings (SSSR count). The number of carbonyl (C=O) groups excluding carboxylic acids is 1. The van der Waals surface area contributed by atoms with Gasteiger partial charge in [0, 0.05) is 12.5 Å². The SMILES string of the molecule is C[C@H](NC(=O)c1cc2n(n1)[C@@H](C(F)(F)F)C[C@H](c1ccc(Cl)c(Cl)c1)N2)c1ccccc1. The standard InChI is InChI=1S/C22H19Cl2F3N4O/c1-12(13-5-3-2-4-6-13)28-21(32)18-11-20-29-17(14-7-8-15(23)16(24)9-14)10-19(22(25,26)27)31(20)30-18/h2-9,11-12,17,19,29H,10H2,1H3,(H,28,32)/t12-,17+,19+/m0/s1. The van der Waals surface area contributed by atoms with E-state index in [4.69, 9.17) is 23.2 Å². The van der Waals surface area contributed by atoms with Crippen LogP contribution in [0.1, 0.15) is 53.1 Å². The van der Waals surface area contributed by atoms with E-state index in [0.29, 0.717) is 10.6 Å². The summed E-state index contributed by atoms with van der Waals surface area (Å²) in [6, 6.07) is 12.4. The Hall–Kier alpha value is -2.71. The molecule has 2 heterocycles. The Labute approximate surface area is 192 Å². The van der Waals surface area contributed by atoms with Crippen molar-refractivity contribution in [2.24, 2.45) is 0 Å². The molecule has 0 saturated heterocycles. The highest BCUT2D eigenvalue weighted by atomic mass is 35.5. The van der Waals surface area contributed by atoms with Gasteiger partial charge in [0.15, 0.2) is 11.7 Å². The van der Waals surface area contributed by atoms with E-state index in [0.717, 1.165) is 10.2 Å². The number of benzene rings is 2. The molecule has 0 bridgehead atoms. The van der Waals surface area contributed by atoms with Gasteiger partial charge in [-0.2, -0.15) is 18.3 Å². The van der Waals surface area contributed by atoms with Crippen LogP contribution in [0.2, 0.25) is 10.0 Å². The largest absolute Gasteiger partial charge is 0.410 e. The van der Waals surface area contributed by atoms with Crippen molar-refractivity contribution in [1.29, 1.82) is 0 Å². The lowest BCUT2D eigenvalue weighted by Gasteiger charge is -2.33. The number of nitrogens with zero attached hydrogens (tertiary/aromatic N) is 2. The molecule has 0 radical (unpaired) electrons. The Balaban J connectivity index is 1.61. The van der Waals surface area contributed by atoms with Gasteiger partial charge in [0.05, 0.1) is 22.1 Å². The van der Waals surface area contributed by atoms with E-state index in [2.05, 4.69) is 15.7 Å². The monoisotopic (exact) mass is 482 g/mol. The lowest BCUT2D eigenvalue weighted by molar-refractivity contribution is -0.173. The van der Waals surface area contributed by atoms with Crippen LogP contribution in [-0.2, 0) is 0 Å². The van der Waals surface area contributed by atoms with Gasteiger partial charge < -0.3 is 10.6 Å². The highest BCUT2D eigenvalue weighted by Gasteiger charge is 2.46. The maximum absolute atomic E-state index is 13.9. The van der Waals surface area contributed by atoms with Gasteiger partial charge in [-0.15, -0.1) is 0 Å². The summed E-state index contributed by atoms with van der Waals surface area (Å²) in [5, 5.41) is 10.4. The first-order chi connectivity index (χ1) is 15.1. The summed E-state index contributed by atoms with van der Waals surface area (Å²) in [6.07, 6.45) is -4.86. The van der Waals surface area contributed by atoms with Gasteiger partial charge in [-0.05, 0) is 30.2 Å². The Morgan fingerprint density at radius 1 is 1.16 bits per heavy atom. The molecule has 32 heavy (non-hydrogen) atoms. The van der Waals surface area contributed by atoms with Crippen molar-refractivity contribution in [3.63, 3.8) is 0 Å². The Morgan fingerprint density at radius 3 is 2.53 bits per heavy atom. The quantitative estimate of drug-likeness (QED) is 0.455. The fourth-order valence-corrected chi connectivity index (χ4v) is 4.03. The van der Waals surface area contributed by atoms with E-state index in [1.54, 1.807) is 19.1 Å². The average Bonchev–Trinajstić information content (AvgIpc) is 3.19. The van der Waals surface area contributed by atoms with Crippen LogP contribution in [0.3, 0.4) is 0 Å². The fourth-order valence-electron chi connectivity index (χ4n) is 3.73. The number of carbonyl (C=O) groups is 1. The van der Waals surface area contributed by atoms with Crippen LogP contribution in [0.25, 0.3) is 0 Å². The van der Waals surface area contributed by atoms with Crippen LogP contribution in [0.4, 0.5) is 19.0 Å². The third-order valence-electron chi connectivity index (χ3n) is 5.42. The molecule has 5 nitrogen and oxygen atoms in total. The van der Waals surface area contributed by atoms with Gasteiger partial charge in [-0.3, -0.25) is 4.79 Å². The molecule has 3 aromatic rings. The van der Waals surface area contributed by atoms with Crippen molar-refractivity contribution in [2.75, 3.05) is 5.32 Å². The number of rotatable bonds is 4. The summed E-state index contributed by atoms with van der Waals surface area (Å²) in [5.41, 5.74) is 1.33. The minimum absolute atomic E-state index is 0.0979. The van der Waals surface area contributed by atoms with E-state index in [1.165, 1.54) is 12.1 Å². The summed E-state index contributed by atoms with van der Waals surface area (Å²) in [4.78, 5) is 12.7. The lowest BCUT2D eigenvalue weighted by Crippen LogP contribution is -2.36. The molecule has 0 unspecified atom stereocenters. The number of hydrogen-bond acceptors (Lipinski definition) is 3. The highest BCUT2D eigenvalue weighted by Crippen LogP contribution is 2.44. The predicted octanol–water partition coefficient (Wildman–Crippen LogP) is 6.34. The lowest BCUT2D eigenvalue weighted by atomic mass is 9.97. The van der Waals surface area contributed by atoms with Crippen molar-refractivity contribution in [3.05, 3.63) is 81.5 Å². The smallest absolute Gasteiger partial charge is 0.363 e. The van der Waals surface area contributed by atoms with Gasteiger partial charge in [-0.25, -0.2) is 4.68 Å². The second-order valence-electron chi connectivity index (χ2n) is 7.63. The second-order valence-corrected chi connectivity index (χ2v) is 8.44. The van der Waals surface area contributed by atoms with Crippen molar-refractivity contribution in [3.8, 4) is 0 Å². The minimum Gasteiger partial charge on any atom is -0.363 e. The first-order valence-electron chi connectivity index (χ1n) is 9.87. The first kappa shape index (κ1) is 22.5. The number of anilines is 1. The van der Waals surface area contributed by atoms with Crippen LogP contribution < -0.4 is 10.6 Å². The molecule has 10 heteroatoms. The van der Waals surface area contributed by atoms with Crippen molar-refractivity contribution >= 4 is 34.9 Å². The molecule has 2 N–H and O–H groups in total. The molecule has 0 aliphatic carbocycles. The van der Waals surface area contributed by atoms with Gasteiger partial charge in [0.1, 0.15) is 5.82 Å². The molecular formula is C22H19Cl2F3N4O.